The van der Waals surface area contributed by atoms with Crippen molar-refractivity contribution in [3.63, 3.8) is 0 Å². The Kier molecular flexibility index (Phi) is 3.46. The first kappa shape index (κ1) is 12.1. The molecule has 92 valence electrons. The van der Waals surface area contributed by atoms with E-state index in [-0.39, 0.29) is 17.9 Å². The molecule has 3 heteroatoms. The maximum absolute atomic E-state index is 12.1. The van der Waals surface area contributed by atoms with Gasteiger partial charge in [0.25, 0.3) is 0 Å². The van der Waals surface area contributed by atoms with Gasteiger partial charge in [-0.25, -0.2) is 0 Å². The maximum atomic E-state index is 12.1. The number of aryl methyl sites for hydroxylation is 1. The van der Waals surface area contributed by atoms with Crippen molar-refractivity contribution in [3.05, 3.63) is 29.6 Å². The summed E-state index contributed by atoms with van der Waals surface area (Å²) in [6.07, 6.45) is 2.12. The Hall–Kier alpha value is -1.38. The predicted octanol–water partition coefficient (Wildman–Crippen LogP) is 2.71. The third-order valence-electron chi connectivity index (χ3n) is 3.28. The van der Waals surface area contributed by atoms with E-state index in [1.807, 2.05) is 43.9 Å². The van der Waals surface area contributed by atoms with Crippen molar-refractivity contribution >= 4 is 5.91 Å². The van der Waals surface area contributed by atoms with E-state index >= 15 is 0 Å². The van der Waals surface area contributed by atoms with Crippen molar-refractivity contribution in [1.29, 1.82) is 0 Å². The highest BCUT2D eigenvalue weighted by Crippen LogP contribution is 2.31. The maximum Gasteiger partial charge on any atom is 0.225 e. The number of hydrogen-bond acceptors (Lipinski definition) is 2. The Morgan fingerprint density at radius 2 is 2.24 bits per heavy atom. The number of carbonyl (C=O) groups excluding carboxylic acids is 1. The highest BCUT2D eigenvalue weighted by molar-refractivity contribution is 5.78. The lowest BCUT2D eigenvalue weighted by atomic mass is 10.1. The molecule has 1 aliphatic heterocycles. The molecule has 1 amide bonds. The zero-order valence-electron chi connectivity index (χ0n) is 10.8. The van der Waals surface area contributed by atoms with Crippen LogP contribution < -0.4 is 0 Å². The van der Waals surface area contributed by atoms with E-state index in [4.69, 9.17) is 0 Å². The summed E-state index contributed by atoms with van der Waals surface area (Å²) < 4.78 is 0. The second-order valence-electron chi connectivity index (χ2n) is 5.05. The number of likely N-dealkylation sites (tertiary alicyclic amines) is 1. The van der Waals surface area contributed by atoms with Gasteiger partial charge in [-0.05, 0) is 31.9 Å². The van der Waals surface area contributed by atoms with E-state index in [2.05, 4.69) is 4.98 Å². The molecule has 0 aliphatic carbocycles. The molecular weight excluding hydrogens is 212 g/mol. The van der Waals surface area contributed by atoms with Gasteiger partial charge in [0.1, 0.15) is 0 Å². The molecule has 2 heterocycles. The number of hydrogen-bond donors (Lipinski definition) is 0. The van der Waals surface area contributed by atoms with Gasteiger partial charge in [-0.1, -0.05) is 19.9 Å². The van der Waals surface area contributed by atoms with Crippen LogP contribution in [0.1, 0.15) is 44.1 Å². The van der Waals surface area contributed by atoms with Gasteiger partial charge in [0.05, 0.1) is 11.7 Å². The first-order chi connectivity index (χ1) is 8.09. The molecule has 0 N–H and O–H groups in total. The minimum atomic E-state index is 0.0698. The zero-order chi connectivity index (χ0) is 12.4. The normalized spacial score (nSPS) is 20.0. The molecule has 1 atom stereocenters. The summed E-state index contributed by atoms with van der Waals surface area (Å²) in [6, 6.07) is 6.23. The molecule has 0 aromatic carbocycles. The summed E-state index contributed by atoms with van der Waals surface area (Å²) in [5, 5.41) is 0. The molecule has 0 unspecified atom stereocenters. The van der Waals surface area contributed by atoms with E-state index in [0.717, 1.165) is 30.8 Å². The number of carbonyl (C=O) groups is 1. The highest BCUT2D eigenvalue weighted by atomic mass is 16.2. The van der Waals surface area contributed by atoms with Crippen molar-refractivity contribution < 1.29 is 4.79 Å². The van der Waals surface area contributed by atoms with Crippen LogP contribution in [0.15, 0.2) is 18.2 Å². The molecular formula is C14H20N2O. The number of aromatic nitrogens is 1. The van der Waals surface area contributed by atoms with Crippen LogP contribution in [0.2, 0.25) is 0 Å². The van der Waals surface area contributed by atoms with Crippen LogP contribution in [-0.4, -0.2) is 22.3 Å². The van der Waals surface area contributed by atoms with Gasteiger partial charge in [-0.15, -0.1) is 0 Å². The topological polar surface area (TPSA) is 33.2 Å². The largest absolute Gasteiger partial charge is 0.334 e. The summed E-state index contributed by atoms with van der Waals surface area (Å²) in [7, 11) is 0. The monoisotopic (exact) mass is 232 g/mol. The van der Waals surface area contributed by atoms with Gasteiger partial charge in [0.2, 0.25) is 5.91 Å². The first-order valence-electron chi connectivity index (χ1n) is 6.33. The fourth-order valence-electron chi connectivity index (χ4n) is 2.42. The fraction of sp³-hybridized carbons (Fsp3) is 0.571. The summed E-state index contributed by atoms with van der Waals surface area (Å²) in [5.41, 5.74) is 2.06. The second kappa shape index (κ2) is 4.86. The van der Waals surface area contributed by atoms with E-state index in [1.54, 1.807) is 0 Å². The van der Waals surface area contributed by atoms with Crippen LogP contribution in [0.4, 0.5) is 0 Å². The number of pyridine rings is 1. The minimum absolute atomic E-state index is 0.0698. The smallest absolute Gasteiger partial charge is 0.225 e. The third kappa shape index (κ3) is 2.48. The molecule has 0 spiro atoms. The molecule has 3 nitrogen and oxygen atoms in total. The minimum Gasteiger partial charge on any atom is -0.334 e. The average Bonchev–Trinajstić information content (AvgIpc) is 2.76. The summed E-state index contributed by atoms with van der Waals surface area (Å²) in [4.78, 5) is 18.7. The highest BCUT2D eigenvalue weighted by Gasteiger charge is 2.31. The van der Waals surface area contributed by atoms with Gasteiger partial charge in [0, 0.05) is 18.2 Å². The fourth-order valence-corrected chi connectivity index (χ4v) is 2.42. The molecule has 1 fully saturated rings. The van der Waals surface area contributed by atoms with E-state index in [0.29, 0.717) is 0 Å². The average molecular weight is 232 g/mol. The lowest BCUT2D eigenvalue weighted by Gasteiger charge is -2.26. The molecule has 1 aliphatic rings. The molecule has 1 aromatic rings. The summed E-state index contributed by atoms with van der Waals surface area (Å²) >= 11 is 0. The van der Waals surface area contributed by atoms with Crippen molar-refractivity contribution in [3.8, 4) is 0 Å². The van der Waals surface area contributed by atoms with Crippen molar-refractivity contribution in [2.45, 2.75) is 39.7 Å². The van der Waals surface area contributed by atoms with Gasteiger partial charge in [-0.2, -0.15) is 0 Å². The van der Waals surface area contributed by atoms with Crippen LogP contribution in [0.5, 0.6) is 0 Å². The van der Waals surface area contributed by atoms with E-state index in [1.165, 1.54) is 0 Å². The molecule has 1 saturated heterocycles. The van der Waals surface area contributed by atoms with E-state index in [9.17, 15) is 4.79 Å². The number of rotatable bonds is 2. The van der Waals surface area contributed by atoms with Crippen LogP contribution in [-0.2, 0) is 4.79 Å². The Balaban J connectivity index is 2.23. The number of nitrogens with zero attached hydrogens (tertiary/aromatic N) is 2. The molecule has 2 rings (SSSR count). The van der Waals surface area contributed by atoms with Gasteiger partial charge < -0.3 is 4.90 Å². The first-order valence-corrected chi connectivity index (χ1v) is 6.33. The van der Waals surface area contributed by atoms with Crippen LogP contribution in [0, 0.1) is 12.8 Å². The summed E-state index contributed by atoms with van der Waals surface area (Å²) in [5.74, 6) is 0.316. The molecule has 0 saturated carbocycles. The molecule has 0 bridgehead atoms. The summed E-state index contributed by atoms with van der Waals surface area (Å²) in [6.45, 7) is 6.78. The Labute approximate surface area is 103 Å². The number of amides is 1. The standard InChI is InChI=1S/C14H20N2O/c1-10(2)14(17)16-9-5-8-13(16)12-7-4-6-11(3)15-12/h4,6-7,10,13H,5,8-9H2,1-3H3/t13-/m1/s1. The van der Waals surface area contributed by atoms with E-state index < -0.39 is 0 Å². The molecule has 17 heavy (non-hydrogen) atoms. The molecule has 0 radical (unpaired) electrons. The van der Waals surface area contributed by atoms with Crippen molar-refractivity contribution in [2.24, 2.45) is 5.92 Å². The van der Waals surface area contributed by atoms with Crippen molar-refractivity contribution in [2.75, 3.05) is 6.54 Å². The molecule has 1 aromatic heterocycles. The van der Waals surface area contributed by atoms with Gasteiger partial charge in [-0.3, -0.25) is 9.78 Å². The quantitative estimate of drug-likeness (QED) is 0.785. The second-order valence-corrected chi connectivity index (χ2v) is 5.05. The third-order valence-corrected chi connectivity index (χ3v) is 3.28. The Morgan fingerprint density at radius 3 is 2.88 bits per heavy atom. The lowest BCUT2D eigenvalue weighted by Crippen LogP contribution is -2.34. The lowest BCUT2D eigenvalue weighted by molar-refractivity contribution is -0.135. The van der Waals surface area contributed by atoms with Gasteiger partial charge >= 0.3 is 0 Å². The predicted molar refractivity (Wildman–Crippen MR) is 67.5 cm³/mol. The van der Waals surface area contributed by atoms with Crippen molar-refractivity contribution in [1.82, 2.24) is 9.88 Å². The van der Waals surface area contributed by atoms with Crippen LogP contribution in [0.25, 0.3) is 0 Å². The SMILES string of the molecule is Cc1cccc([C@H]2CCCN2C(=O)C(C)C)n1. The zero-order valence-corrected chi connectivity index (χ0v) is 10.8. The van der Waals surface area contributed by atoms with Crippen LogP contribution >= 0.6 is 0 Å². The van der Waals surface area contributed by atoms with Gasteiger partial charge in [0.15, 0.2) is 0 Å². The Bertz CT molecular complexity index is 414. The van der Waals surface area contributed by atoms with Crippen LogP contribution in [0.3, 0.4) is 0 Å². The Morgan fingerprint density at radius 1 is 1.47 bits per heavy atom.